The third kappa shape index (κ3) is 4.51. The predicted octanol–water partition coefficient (Wildman–Crippen LogP) is 1.39. The summed E-state index contributed by atoms with van der Waals surface area (Å²) < 4.78 is 16.2. The van der Waals surface area contributed by atoms with Crippen molar-refractivity contribution in [3.63, 3.8) is 0 Å². The van der Waals surface area contributed by atoms with Gasteiger partial charge in [-0.15, -0.1) is 0 Å². The molecule has 3 rings (SSSR count). The van der Waals surface area contributed by atoms with Gasteiger partial charge in [0.05, 0.1) is 26.9 Å². The molecule has 6 heteroatoms. The Morgan fingerprint density at radius 3 is 2.72 bits per heavy atom. The molecular formula is C19H28N2O4. The summed E-state index contributed by atoms with van der Waals surface area (Å²) in [5.41, 5.74) is 1.15. The SMILES string of the molecule is COCCN1C[C@@]2(COCCN(Cc3ccc(OC)cc3)C2)CC1=O. The van der Waals surface area contributed by atoms with Gasteiger partial charge in [0, 0.05) is 51.7 Å². The minimum absolute atomic E-state index is 0.103. The van der Waals surface area contributed by atoms with E-state index in [2.05, 4.69) is 17.0 Å². The van der Waals surface area contributed by atoms with Crippen LogP contribution in [0.25, 0.3) is 0 Å². The van der Waals surface area contributed by atoms with Gasteiger partial charge in [0.1, 0.15) is 5.75 Å². The third-order valence-corrected chi connectivity index (χ3v) is 5.05. The molecule has 0 bridgehead atoms. The van der Waals surface area contributed by atoms with E-state index in [1.807, 2.05) is 17.0 Å². The fourth-order valence-electron chi connectivity index (χ4n) is 3.79. The molecule has 0 saturated carbocycles. The van der Waals surface area contributed by atoms with E-state index in [1.54, 1.807) is 14.2 Å². The number of nitrogens with zero attached hydrogens (tertiary/aromatic N) is 2. The van der Waals surface area contributed by atoms with Crippen molar-refractivity contribution < 1.29 is 19.0 Å². The van der Waals surface area contributed by atoms with E-state index < -0.39 is 0 Å². The lowest BCUT2D eigenvalue weighted by atomic mass is 9.87. The van der Waals surface area contributed by atoms with Crippen LogP contribution in [0, 0.1) is 5.41 Å². The van der Waals surface area contributed by atoms with E-state index in [9.17, 15) is 4.79 Å². The minimum Gasteiger partial charge on any atom is -0.497 e. The van der Waals surface area contributed by atoms with Crippen LogP contribution in [-0.4, -0.2) is 75.9 Å². The fraction of sp³-hybridized carbons (Fsp3) is 0.632. The van der Waals surface area contributed by atoms with Gasteiger partial charge in [-0.3, -0.25) is 9.69 Å². The van der Waals surface area contributed by atoms with Gasteiger partial charge in [-0.2, -0.15) is 0 Å². The Balaban J connectivity index is 1.65. The smallest absolute Gasteiger partial charge is 0.223 e. The maximum Gasteiger partial charge on any atom is 0.223 e. The van der Waals surface area contributed by atoms with Crippen LogP contribution < -0.4 is 4.74 Å². The molecule has 1 aromatic carbocycles. The number of amides is 1. The number of hydrogen-bond donors (Lipinski definition) is 0. The standard InChI is InChI=1S/C19H28N2O4/c1-23-9-8-21-14-19(11-18(21)22)13-20(7-10-25-15-19)12-16-3-5-17(24-2)6-4-16/h3-6H,7-15H2,1-2H3/t19-/m1/s1. The predicted molar refractivity (Wildman–Crippen MR) is 94.6 cm³/mol. The molecule has 2 aliphatic rings. The quantitative estimate of drug-likeness (QED) is 0.778. The van der Waals surface area contributed by atoms with Gasteiger partial charge in [0.15, 0.2) is 0 Å². The molecule has 0 unspecified atom stereocenters. The normalized spacial score (nSPS) is 24.7. The van der Waals surface area contributed by atoms with E-state index in [0.717, 1.165) is 31.9 Å². The van der Waals surface area contributed by atoms with Crippen molar-refractivity contribution >= 4 is 5.91 Å². The van der Waals surface area contributed by atoms with Crippen molar-refractivity contribution in [2.45, 2.75) is 13.0 Å². The summed E-state index contributed by atoms with van der Waals surface area (Å²) in [5.74, 6) is 1.08. The largest absolute Gasteiger partial charge is 0.497 e. The maximum absolute atomic E-state index is 12.4. The molecule has 0 aliphatic carbocycles. The first-order chi connectivity index (χ1) is 12.1. The molecule has 25 heavy (non-hydrogen) atoms. The van der Waals surface area contributed by atoms with E-state index in [0.29, 0.717) is 32.8 Å². The number of benzene rings is 1. The van der Waals surface area contributed by atoms with Crippen molar-refractivity contribution in [3.05, 3.63) is 29.8 Å². The Hall–Kier alpha value is -1.63. The summed E-state index contributed by atoms with van der Waals surface area (Å²) in [6, 6.07) is 8.18. The average molecular weight is 348 g/mol. The summed E-state index contributed by atoms with van der Waals surface area (Å²) in [5, 5.41) is 0. The summed E-state index contributed by atoms with van der Waals surface area (Å²) in [7, 11) is 3.35. The van der Waals surface area contributed by atoms with Crippen molar-refractivity contribution in [3.8, 4) is 5.75 Å². The van der Waals surface area contributed by atoms with Crippen molar-refractivity contribution in [1.29, 1.82) is 0 Å². The van der Waals surface area contributed by atoms with Gasteiger partial charge in [0.2, 0.25) is 5.91 Å². The molecule has 1 spiro atoms. The van der Waals surface area contributed by atoms with Crippen LogP contribution in [0.1, 0.15) is 12.0 Å². The van der Waals surface area contributed by atoms with Crippen LogP contribution in [0.4, 0.5) is 0 Å². The Bertz CT molecular complexity index is 577. The first-order valence-corrected chi connectivity index (χ1v) is 8.84. The van der Waals surface area contributed by atoms with Crippen LogP contribution in [0.2, 0.25) is 0 Å². The highest BCUT2D eigenvalue weighted by atomic mass is 16.5. The van der Waals surface area contributed by atoms with Gasteiger partial charge < -0.3 is 19.1 Å². The maximum atomic E-state index is 12.4. The zero-order chi connectivity index (χ0) is 17.7. The molecule has 0 aromatic heterocycles. The topological polar surface area (TPSA) is 51.2 Å². The van der Waals surface area contributed by atoms with Crippen molar-refractivity contribution in [2.24, 2.45) is 5.41 Å². The highest BCUT2D eigenvalue weighted by Gasteiger charge is 2.45. The van der Waals surface area contributed by atoms with Gasteiger partial charge in [0.25, 0.3) is 0 Å². The number of likely N-dealkylation sites (tertiary alicyclic amines) is 1. The van der Waals surface area contributed by atoms with Crippen LogP contribution in [0.15, 0.2) is 24.3 Å². The number of carbonyl (C=O) groups excluding carboxylic acids is 1. The lowest BCUT2D eigenvalue weighted by Crippen LogP contribution is -2.40. The summed E-state index contributed by atoms with van der Waals surface area (Å²) in [6.45, 7) is 6.00. The first-order valence-electron chi connectivity index (χ1n) is 8.84. The molecule has 0 N–H and O–H groups in total. The number of methoxy groups -OCH3 is 2. The highest BCUT2D eigenvalue weighted by molar-refractivity contribution is 5.79. The molecule has 6 nitrogen and oxygen atoms in total. The van der Waals surface area contributed by atoms with Gasteiger partial charge in [-0.25, -0.2) is 0 Å². The van der Waals surface area contributed by atoms with Crippen molar-refractivity contribution in [2.75, 3.05) is 60.2 Å². The Labute approximate surface area is 149 Å². The summed E-state index contributed by atoms with van der Waals surface area (Å²) in [4.78, 5) is 16.7. The monoisotopic (exact) mass is 348 g/mol. The van der Waals surface area contributed by atoms with E-state index >= 15 is 0 Å². The second kappa shape index (κ2) is 8.17. The summed E-state index contributed by atoms with van der Waals surface area (Å²) >= 11 is 0. The Morgan fingerprint density at radius 2 is 2.00 bits per heavy atom. The average Bonchev–Trinajstić information content (AvgIpc) is 2.79. The Morgan fingerprint density at radius 1 is 1.20 bits per heavy atom. The van der Waals surface area contributed by atoms with E-state index in [-0.39, 0.29) is 11.3 Å². The van der Waals surface area contributed by atoms with Crippen LogP contribution in [0.3, 0.4) is 0 Å². The molecule has 2 fully saturated rings. The number of ether oxygens (including phenoxy) is 3. The number of hydrogen-bond acceptors (Lipinski definition) is 5. The van der Waals surface area contributed by atoms with E-state index in [4.69, 9.17) is 14.2 Å². The second-order valence-corrected chi connectivity index (χ2v) is 7.10. The second-order valence-electron chi connectivity index (χ2n) is 7.10. The molecule has 1 atom stereocenters. The van der Waals surface area contributed by atoms with Gasteiger partial charge >= 0.3 is 0 Å². The minimum atomic E-state index is -0.103. The van der Waals surface area contributed by atoms with Crippen LogP contribution in [-0.2, 0) is 20.8 Å². The lowest BCUT2D eigenvalue weighted by molar-refractivity contribution is -0.128. The van der Waals surface area contributed by atoms with Gasteiger partial charge in [-0.05, 0) is 17.7 Å². The Kier molecular flexibility index (Phi) is 5.93. The molecule has 1 aromatic rings. The number of carbonyl (C=O) groups is 1. The molecule has 2 saturated heterocycles. The van der Waals surface area contributed by atoms with Crippen LogP contribution >= 0.6 is 0 Å². The van der Waals surface area contributed by atoms with Gasteiger partial charge in [-0.1, -0.05) is 12.1 Å². The van der Waals surface area contributed by atoms with Crippen LogP contribution in [0.5, 0.6) is 5.75 Å². The van der Waals surface area contributed by atoms with E-state index in [1.165, 1.54) is 5.56 Å². The lowest BCUT2D eigenvalue weighted by Gasteiger charge is -2.31. The van der Waals surface area contributed by atoms with Crippen molar-refractivity contribution in [1.82, 2.24) is 9.80 Å². The molecule has 2 aliphatic heterocycles. The third-order valence-electron chi connectivity index (χ3n) is 5.05. The molecule has 2 heterocycles. The first kappa shape index (κ1) is 18.2. The molecule has 138 valence electrons. The zero-order valence-electron chi connectivity index (χ0n) is 15.2. The highest BCUT2D eigenvalue weighted by Crippen LogP contribution is 2.34. The summed E-state index contributed by atoms with van der Waals surface area (Å²) in [6.07, 6.45) is 0.565. The molecule has 0 radical (unpaired) electrons. The number of rotatable bonds is 6. The fourth-order valence-corrected chi connectivity index (χ4v) is 3.79. The molecule has 1 amide bonds. The molecular weight excluding hydrogens is 320 g/mol. The zero-order valence-corrected chi connectivity index (χ0v) is 15.2.